The van der Waals surface area contributed by atoms with Crippen LogP contribution < -0.4 is 0 Å². The first-order valence-corrected chi connectivity index (χ1v) is 20.6. The normalized spacial score (nSPS) is 12.0. The van der Waals surface area contributed by atoms with E-state index in [2.05, 4.69) is 194 Å². The van der Waals surface area contributed by atoms with Crippen molar-refractivity contribution in [2.45, 2.75) is 13.8 Å². The molecule has 0 aliphatic carbocycles. The average molecular weight is 758 g/mol. The number of thiophene rings is 1. The Morgan fingerprint density at radius 2 is 1.02 bits per heavy atom. The zero-order valence-corrected chi connectivity index (χ0v) is 32.8. The molecule has 4 aromatic heterocycles. The number of aromatic nitrogens is 3. The third-order valence-electron chi connectivity index (χ3n) is 12.2. The van der Waals surface area contributed by atoms with Crippen LogP contribution >= 0.6 is 11.3 Å². The molecular weight excluding hydrogens is 723 g/mol. The average Bonchev–Trinajstić information content (AvgIpc) is 3.83. The highest BCUT2D eigenvalue weighted by molar-refractivity contribution is 7.26. The second kappa shape index (κ2) is 12.7. The Balaban J connectivity index is 0.969. The molecule has 272 valence electrons. The van der Waals surface area contributed by atoms with Gasteiger partial charge in [-0.15, -0.1) is 11.3 Å². The number of fused-ring (bicyclic) bond motifs is 12. The molecule has 58 heavy (non-hydrogen) atoms. The predicted octanol–water partition coefficient (Wildman–Crippen LogP) is 15.0. The Kier molecular flexibility index (Phi) is 7.23. The van der Waals surface area contributed by atoms with Crippen molar-refractivity contribution in [2.24, 2.45) is 0 Å². The van der Waals surface area contributed by atoms with Gasteiger partial charge in [0.15, 0.2) is 0 Å². The first-order chi connectivity index (χ1) is 28.6. The molecule has 0 fully saturated rings. The molecule has 4 heteroatoms. The second-order valence-corrected chi connectivity index (χ2v) is 16.4. The van der Waals surface area contributed by atoms with Gasteiger partial charge >= 0.3 is 0 Å². The van der Waals surface area contributed by atoms with E-state index >= 15 is 0 Å². The maximum Gasteiger partial charge on any atom is 0.0795 e. The van der Waals surface area contributed by atoms with Crippen molar-refractivity contribution in [2.75, 3.05) is 0 Å². The molecule has 0 atom stereocenters. The maximum atomic E-state index is 5.41. The SMILES string of the molecule is Cc1ccccc1-c1ccc2c(c1C)c1ccccc1n2-c1ccc(-c2ccc3c4ccc(-c5cccc6c5sc5ccccc56)nc4c4ccccc4c3n2)cc1. The zero-order chi connectivity index (χ0) is 38.5. The molecule has 4 heterocycles. The lowest BCUT2D eigenvalue weighted by atomic mass is 9.94. The van der Waals surface area contributed by atoms with Crippen molar-refractivity contribution in [1.82, 2.24) is 14.5 Å². The summed E-state index contributed by atoms with van der Waals surface area (Å²) in [5.41, 5.74) is 14.9. The fourth-order valence-electron chi connectivity index (χ4n) is 9.38. The second-order valence-electron chi connectivity index (χ2n) is 15.4. The lowest BCUT2D eigenvalue weighted by Crippen LogP contribution is -1.95. The standard InChI is InChI=1S/C54H35N3S/c1-32-12-3-4-13-36(32)37-28-31-49-51(33(37)2)45-17-7-9-20-48(45)57(49)35-24-22-34(23-25-35)46-29-26-41-42-27-30-47(56-53(42)40-16-6-5-15-39(40)52(41)55-46)44-19-11-18-43-38-14-8-10-21-50(38)58-54(43)44/h3-31H,1-2H3. The highest BCUT2D eigenvalue weighted by Gasteiger charge is 2.19. The van der Waals surface area contributed by atoms with Crippen LogP contribution in [0.15, 0.2) is 176 Å². The number of hydrogen-bond acceptors (Lipinski definition) is 3. The maximum absolute atomic E-state index is 5.41. The molecule has 0 unspecified atom stereocenters. The van der Waals surface area contributed by atoms with Gasteiger partial charge in [-0.1, -0.05) is 121 Å². The van der Waals surface area contributed by atoms with Gasteiger partial charge < -0.3 is 4.57 Å². The Bertz CT molecular complexity index is 3630. The van der Waals surface area contributed by atoms with Gasteiger partial charge in [0.1, 0.15) is 0 Å². The summed E-state index contributed by atoms with van der Waals surface area (Å²) < 4.78 is 4.98. The number of rotatable bonds is 4. The van der Waals surface area contributed by atoms with E-state index in [1.807, 2.05) is 11.3 Å². The highest BCUT2D eigenvalue weighted by Crippen LogP contribution is 2.42. The molecule has 12 rings (SSSR count). The monoisotopic (exact) mass is 757 g/mol. The molecule has 12 aromatic rings. The summed E-state index contributed by atoms with van der Waals surface area (Å²) in [7, 11) is 0. The largest absolute Gasteiger partial charge is 0.309 e. The van der Waals surface area contributed by atoms with E-state index in [0.717, 1.165) is 55.2 Å². The quantitative estimate of drug-likeness (QED) is 0.167. The lowest BCUT2D eigenvalue weighted by molar-refractivity contribution is 1.18. The molecule has 0 bridgehead atoms. The molecule has 0 radical (unpaired) electrons. The topological polar surface area (TPSA) is 30.7 Å². The number of nitrogens with zero attached hydrogens (tertiary/aromatic N) is 3. The molecule has 0 saturated carbocycles. The van der Waals surface area contributed by atoms with Crippen LogP contribution in [0.3, 0.4) is 0 Å². The third-order valence-corrected chi connectivity index (χ3v) is 13.4. The first kappa shape index (κ1) is 33.0. The van der Waals surface area contributed by atoms with Crippen LogP contribution in [-0.4, -0.2) is 14.5 Å². The zero-order valence-electron chi connectivity index (χ0n) is 32.0. The molecule has 0 N–H and O–H groups in total. The summed E-state index contributed by atoms with van der Waals surface area (Å²) >= 11 is 1.84. The summed E-state index contributed by atoms with van der Waals surface area (Å²) in [5, 5.41) is 9.60. The minimum atomic E-state index is 0.950. The van der Waals surface area contributed by atoms with Gasteiger partial charge in [-0.05, 0) is 90.7 Å². The van der Waals surface area contributed by atoms with Crippen LogP contribution in [0.1, 0.15) is 11.1 Å². The fraction of sp³-hybridized carbons (Fsp3) is 0.0370. The predicted molar refractivity (Wildman–Crippen MR) is 248 cm³/mol. The van der Waals surface area contributed by atoms with Gasteiger partial charge in [0.05, 0.1) is 33.5 Å². The Hall–Kier alpha value is -7.14. The number of benzene rings is 8. The van der Waals surface area contributed by atoms with Crippen LogP contribution in [0.2, 0.25) is 0 Å². The van der Waals surface area contributed by atoms with E-state index in [1.165, 1.54) is 69.8 Å². The van der Waals surface area contributed by atoms with E-state index in [1.54, 1.807) is 0 Å². The number of pyridine rings is 2. The van der Waals surface area contributed by atoms with Crippen molar-refractivity contribution in [3.05, 3.63) is 187 Å². The number of para-hydroxylation sites is 1. The molecule has 0 amide bonds. The number of aryl methyl sites for hydroxylation is 2. The van der Waals surface area contributed by atoms with Gasteiger partial charge in [0.25, 0.3) is 0 Å². The smallest absolute Gasteiger partial charge is 0.0795 e. The Morgan fingerprint density at radius 3 is 1.79 bits per heavy atom. The van der Waals surface area contributed by atoms with Gasteiger partial charge in [-0.2, -0.15) is 0 Å². The molecule has 0 aliphatic rings. The molecule has 0 aliphatic heterocycles. The Morgan fingerprint density at radius 1 is 0.414 bits per heavy atom. The fourth-order valence-corrected chi connectivity index (χ4v) is 10.6. The van der Waals surface area contributed by atoms with E-state index in [-0.39, 0.29) is 0 Å². The molecule has 8 aromatic carbocycles. The van der Waals surface area contributed by atoms with E-state index in [4.69, 9.17) is 9.97 Å². The van der Waals surface area contributed by atoms with Crippen molar-refractivity contribution >= 4 is 85.9 Å². The van der Waals surface area contributed by atoms with Gasteiger partial charge in [0, 0.05) is 69.3 Å². The third kappa shape index (κ3) is 4.85. The van der Waals surface area contributed by atoms with E-state index in [0.29, 0.717) is 0 Å². The number of hydrogen-bond donors (Lipinski definition) is 0. The molecular formula is C54H35N3S. The highest BCUT2D eigenvalue weighted by atomic mass is 32.1. The minimum absolute atomic E-state index is 0.950. The molecule has 3 nitrogen and oxygen atoms in total. The first-order valence-electron chi connectivity index (χ1n) is 19.8. The van der Waals surface area contributed by atoms with Gasteiger partial charge in [-0.3, -0.25) is 0 Å². The summed E-state index contributed by atoms with van der Waals surface area (Å²) in [4.78, 5) is 10.8. The van der Waals surface area contributed by atoms with E-state index in [9.17, 15) is 0 Å². The van der Waals surface area contributed by atoms with Crippen LogP contribution in [0, 0.1) is 13.8 Å². The Labute approximate surface area is 339 Å². The van der Waals surface area contributed by atoms with Crippen LogP contribution in [0.25, 0.3) is 114 Å². The van der Waals surface area contributed by atoms with Crippen molar-refractivity contribution < 1.29 is 0 Å². The van der Waals surface area contributed by atoms with E-state index < -0.39 is 0 Å². The van der Waals surface area contributed by atoms with Crippen molar-refractivity contribution in [3.8, 4) is 39.3 Å². The summed E-state index contributed by atoms with van der Waals surface area (Å²) in [6.45, 7) is 4.46. The van der Waals surface area contributed by atoms with Crippen LogP contribution in [-0.2, 0) is 0 Å². The summed E-state index contributed by atoms with van der Waals surface area (Å²) in [6.07, 6.45) is 0. The van der Waals surface area contributed by atoms with Crippen molar-refractivity contribution in [3.63, 3.8) is 0 Å². The minimum Gasteiger partial charge on any atom is -0.309 e. The molecule has 0 saturated heterocycles. The van der Waals surface area contributed by atoms with Gasteiger partial charge in [-0.25, -0.2) is 9.97 Å². The lowest BCUT2D eigenvalue weighted by Gasteiger charge is -2.13. The summed E-state index contributed by atoms with van der Waals surface area (Å²) in [5.74, 6) is 0. The molecule has 0 spiro atoms. The van der Waals surface area contributed by atoms with Crippen molar-refractivity contribution in [1.29, 1.82) is 0 Å². The van der Waals surface area contributed by atoms with Gasteiger partial charge in [0.2, 0.25) is 0 Å². The van der Waals surface area contributed by atoms with Crippen LogP contribution in [0.4, 0.5) is 0 Å². The summed E-state index contributed by atoms with van der Waals surface area (Å²) in [6, 6.07) is 63.6. The van der Waals surface area contributed by atoms with Crippen LogP contribution in [0.5, 0.6) is 0 Å².